The Hall–Kier alpha value is -1.94. The van der Waals surface area contributed by atoms with Crippen molar-refractivity contribution in [1.82, 2.24) is 0 Å². The van der Waals surface area contributed by atoms with E-state index in [1.807, 2.05) is 0 Å². The molecule has 5 atom stereocenters. The predicted octanol–water partition coefficient (Wildman–Crippen LogP) is 27.2. The van der Waals surface area contributed by atoms with E-state index in [4.69, 9.17) is 37.0 Å². The van der Waals surface area contributed by atoms with Gasteiger partial charge in [0, 0.05) is 25.7 Å². The number of ether oxygens (including phenoxy) is 4. The lowest BCUT2D eigenvalue weighted by Gasteiger charge is -2.21. The first-order valence-corrected chi connectivity index (χ1v) is 48.6. The average molecular weight is 1560 g/mol. The van der Waals surface area contributed by atoms with E-state index in [0.717, 1.165) is 95.8 Å². The third-order valence-corrected chi connectivity index (χ3v) is 22.7. The zero-order chi connectivity index (χ0) is 78.3. The summed E-state index contributed by atoms with van der Waals surface area (Å²) < 4.78 is 69.0. The molecule has 0 aromatic carbocycles. The molecule has 0 spiro atoms. The Labute approximate surface area is 658 Å². The lowest BCUT2D eigenvalue weighted by atomic mass is 10.0. The van der Waals surface area contributed by atoms with Gasteiger partial charge in [0.25, 0.3) is 0 Å². The molecule has 0 saturated heterocycles. The van der Waals surface area contributed by atoms with E-state index >= 15 is 0 Å². The summed E-state index contributed by atoms with van der Waals surface area (Å²) >= 11 is 0. The van der Waals surface area contributed by atoms with Crippen molar-refractivity contribution in [2.45, 2.75) is 496 Å². The quantitative estimate of drug-likeness (QED) is 0.0222. The van der Waals surface area contributed by atoms with Gasteiger partial charge in [0.1, 0.15) is 19.3 Å². The first kappa shape index (κ1) is 105. The second kappa shape index (κ2) is 80.7. The number of aliphatic hydroxyl groups excluding tert-OH is 1. The lowest BCUT2D eigenvalue weighted by Crippen LogP contribution is -2.30. The predicted molar refractivity (Wildman–Crippen MR) is 442 cm³/mol. The molecular formula is C88H172O17P2. The first-order valence-electron chi connectivity index (χ1n) is 45.6. The summed E-state index contributed by atoms with van der Waals surface area (Å²) in [7, 11) is -9.93. The Balaban J connectivity index is 5.23. The maximum Gasteiger partial charge on any atom is 0.472 e. The third-order valence-electron chi connectivity index (χ3n) is 20.8. The summed E-state index contributed by atoms with van der Waals surface area (Å²) in [5.74, 6) is -1.33. The number of carbonyl (C=O) groups is 4. The van der Waals surface area contributed by atoms with Crippen molar-refractivity contribution in [2.24, 2.45) is 5.92 Å². The molecule has 0 saturated carbocycles. The third kappa shape index (κ3) is 81.9. The molecule has 0 aromatic rings. The van der Waals surface area contributed by atoms with Crippen LogP contribution in [0.3, 0.4) is 0 Å². The van der Waals surface area contributed by atoms with E-state index in [-0.39, 0.29) is 25.7 Å². The molecule has 0 aromatic heterocycles. The van der Waals surface area contributed by atoms with Crippen LogP contribution in [0.25, 0.3) is 0 Å². The highest BCUT2D eigenvalue weighted by molar-refractivity contribution is 7.47. The van der Waals surface area contributed by atoms with Crippen molar-refractivity contribution in [1.29, 1.82) is 0 Å². The Kier molecular flexibility index (Phi) is 79.2. The minimum atomic E-state index is -4.97. The van der Waals surface area contributed by atoms with E-state index < -0.39 is 97.5 Å². The zero-order valence-electron chi connectivity index (χ0n) is 70.3. The molecule has 0 aliphatic heterocycles. The van der Waals surface area contributed by atoms with Gasteiger partial charge in [-0.2, -0.15) is 0 Å². The van der Waals surface area contributed by atoms with E-state index in [2.05, 4.69) is 34.6 Å². The van der Waals surface area contributed by atoms with Crippen molar-refractivity contribution in [3.05, 3.63) is 0 Å². The fraction of sp³-hybridized carbons (Fsp3) is 0.955. The van der Waals surface area contributed by atoms with E-state index in [1.165, 1.54) is 302 Å². The van der Waals surface area contributed by atoms with Gasteiger partial charge in [-0.3, -0.25) is 37.3 Å². The summed E-state index contributed by atoms with van der Waals surface area (Å²) in [5, 5.41) is 10.7. The van der Waals surface area contributed by atoms with Gasteiger partial charge in [0.2, 0.25) is 0 Å². The minimum absolute atomic E-state index is 0.107. The van der Waals surface area contributed by atoms with Crippen LogP contribution in [0.15, 0.2) is 0 Å². The second-order valence-electron chi connectivity index (χ2n) is 32.1. The molecule has 0 fully saturated rings. The smallest absolute Gasteiger partial charge is 0.462 e. The second-order valence-corrected chi connectivity index (χ2v) is 35.0. The van der Waals surface area contributed by atoms with Crippen LogP contribution in [-0.4, -0.2) is 96.7 Å². The number of aliphatic hydroxyl groups is 1. The van der Waals surface area contributed by atoms with Gasteiger partial charge in [0.05, 0.1) is 26.4 Å². The summed E-state index contributed by atoms with van der Waals surface area (Å²) in [6, 6.07) is 0. The Morgan fingerprint density at radius 1 is 0.252 bits per heavy atom. The van der Waals surface area contributed by atoms with Crippen LogP contribution in [-0.2, 0) is 65.4 Å². The molecule has 19 heteroatoms. The van der Waals surface area contributed by atoms with Crippen LogP contribution in [0, 0.1) is 5.92 Å². The monoisotopic (exact) mass is 1560 g/mol. The van der Waals surface area contributed by atoms with Crippen LogP contribution in [0.5, 0.6) is 0 Å². The molecule has 107 heavy (non-hydrogen) atoms. The molecule has 0 aliphatic rings. The van der Waals surface area contributed by atoms with Gasteiger partial charge >= 0.3 is 39.5 Å². The average Bonchev–Trinajstić information content (AvgIpc) is 0.945. The molecule has 0 aliphatic carbocycles. The van der Waals surface area contributed by atoms with Gasteiger partial charge < -0.3 is 33.8 Å². The minimum Gasteiger partial charge on any atom is -0.462 e. The molecule has 0 radical (unpaired) electrons. The van der Waals surface area contributed by atoms with Gasteiger partial charge in [-0.25, -0.2) is 9.13 Å². The highest BCUT2D eigenvalue weighted by Crippen LogP contribution is 2.45. The summed E-state index contributed by atoms with van der Waals surface area (Å²) in [6.45, 7) is 7.37. The molecule has 0 amide bonds. The maximum absolute atomic E-state index is 13.2. The summed E-state index contributed by atoms with van der Waals surface area (Å²) in [6.07, 6.45) is 75.1. The van der Waals surface area contributed by atoms with Crippen LogP contribution in [0.2, 0.25) is 0 Å². The Morgan fingerprint density at radius 3 is 0.636 bits per heavy atom. The van der Waals surface area contributed by atoms with E-state index in [1.54, 1.807) is 0 Å². The maximum atomic E-state index is 13.2. The molecule has 0 heterocycles. The molecule has 17 nitrogen and oxygen atoms in total. The number of hydrogen-bond acceptors (Lipinski definition) is 15. The summed E-state index contributed by atoms with van der Waals surface area (Å²) in [5.41, 5.74) is 0. The molecule has 2 unspecified atom stereocenters. The van der Waals surface area contributed by atoms with E-state index in [0.29, 0.717) is 25.7 Å². The topological polar surface area (TPSA) is 237 Å². The van der Waals surface area contributed by atoms with Crippen molar-refractivity contribution in [3.8, 4) is 0 Å². The highest BCUT2D eigenvalue weighted by Gasteiger charge is 2.30. The van der Waals surface area contributed by atoms with Crippen molar-refractivity contribution >= 4 is 39.5 Å². The molecule has 0 bridgehead atoms. The fourth-order valence-corrected chi connectivity index (χ4v) is 15.4. The van der Waals surface area contributed by atoms with Gasteiger partial charge in [0.15, 0.2) is 12.2 Å². The van der Waals surface area contributed by atoms with Gasteiger partial charge in [-0.05, 0) is 31.6 Å². The molecule has 0 rings (SSSR count). The largest absolute Gasteiger partial charge is 0.472 e. The number of carbonyl (C=O) groups excluding carboxylic acids is 4. The number of unbranched alkanes of at least 4 members (excludes halogenated alkanes) is 60. The van der Waals surface area contributed by atoms with Crippen LogP contribution in [0.4, 0.5) is 0 Å². The van der Waals surface area contributed by atoms with E-state index in [9.17, 15) is 43.2 Å². The van der Waals surface area contributed by atoms with Gasteiger partial charge in [-0.15, -0.1) is 0 Å². The molecular weight excluding hydrogens is 1390 g/mol. The van der Waals surface area contributed by atoms with Crippen LogP contribution < -0.4 is 0 Å². The Morgan fingerprint density at radius 2 is 0.430 bits per heavy atom. The number of phosphoric acid groups is 2. The number of esters is 4. The van der Waals surface area contributed by atoms with Gasteiger partial charge in [-0.1, -0.05) is 426 Å². The standard InChI is InChI=1S/C88H172O17P2/c1-6-9-12-15-18-21-24-27-29-31-33-34-35-37-39-41-43-48-53-58-63-68-73-87(92)104-83(78-99-86(91)72-67-62-57-52-47-42-40-38-36-32-30-28-25-22-19-16-13-10-7-2)79-102-106(94,95)100-75-82(89)76-101-107(96,97)103-80-84(77-98-85(90)71-66-61-56-51-46-26-23-20-17-14-11-8-3)105-88(93)74-69-64-59-54-49-44-45-50-55-60-65-70-81(4)5/h81-84,89H,6-80H2,1-5H3,(H,94,95)(H,96,97)/t82-,83-,84-/m1/s1. The van der Waals surface area contributed by atoms with Crippen LogP contribution >= 0.6 is 15.6 Å². The van der Waals surface area contributed by atoms with Crippen molar-refractivity contribution < 1.29 is 80.2 Å². The number of phosphoric ester groups is 2. The zero-order valence-corrected chi connectivity index (χ0v) is 72.1. The lowest BCUT2D eigenvalue weighted by molar-refractivity contribution is -0.161. The Bertz CT molecular complexity index is 2030. The van der Waals surface area contributed by atoms with Crippen molar-refractivity contribution in [3.63, 3.8) is 0 Å². The molecule has 3 N–H and O–H groups in total. The normalized spacial score (nSPS) is 13.7. The van der Waals surface area contributed by atoms with Crippen LogP contribution in [0.1, 0.15) is 478 Å². The highest BCUT2D eigenvalue weighted by atomic mass is 31.2. The van der Waals surface area contributed by atoms with Crippen molar-refractivity contribution in [2.75, 3.05) is 39.6 Å². The first-order chi connectivity index (χ1) is 52.0. The fourth-order valence-electron chi connectivity index (χ4n) is 13.8. The number of hydrogen-bond donors (Lipinski definition) is 3. The number of rotatable bonds is 88. The summed E-state index contributed by atoms with van der Waals surface area (Å²) in [4.78, 5) is 73.3. The SMILES string of the molecule is CCCCCCCCCCCCCCCCCCCCCCCCC(=O)O[C@H](COC(=O)CCCCCCCCCCCCCCCCCCCCC)COP(=O)(O)OC[C@@H](O)COP(=O)(O)OC[C@@H](COC(=O)CCCCCCCCCCCCCC)OC(=O)CCCCCCCCCCCCCC(C)C. The molecule has 636 valence electrons.